The van der Waals surface area contributed by atoms with E-state index in [0.717, 1.165) is 0 Å². The Kier molecular flexibility index (Phi) is 5.76. The Morgan fingerprint density at radius 3 is 2.71 bits per heavy atom. The number of hydrogen-bond acceptors (Lipinski definition) is 8. The predicted octanol–water partition coefficient (Wildman–Crippen LogP) is 0.688. The molecule has 0 saturated carbocycles. The molecule has 0 bridgehead atoms. The van der Waals surface area contributed by atoms with Gasteiger partial charge in [-0.15, -0.1) is 0 Å². The van der Waals surface area contributed by atoms with Crippen LogP contribution in [0.25, 0.3) is 0 Å². The van der Waals surface area contributed by atoms with Crippen molar-refractivity contribution >= 4 is 29.3 Å². The first-order valence-corrected chi connectivity index (χ1v) is 9.79. The zero-order valence-electron chi connectivity index (χ0n) is 17.2. The SMILES string of the molecule is COc1ccc(OC)c(NC(=O)[C@@H]2CC(=O)Nc3nc(N4CCOCC4)[nH]c(=O)c32)c1. The minimum absolute atomic E-state index is 0.0965. The van der Waals surface area contributed by atoms with E-state index in [-0.39, 0.29) is 17.8 Å². The second-order valence-electron chi connectivity index (χ2n) is 7.11. The van der Waals surface area contributed by atoms with Crippen LogP contribution >= 0.6 is 0 Å². The van der Waals surface area contributed by atoms with Crippen LogP contribution in [-0.4, -0.2) is 62.3 Å². The van der Waals surface area contributed by atoms with Gasteiger partial charge in [0.1, 0.15) is 17.3 Å². The number of nitrogens with zero attached hydrogens (tertiary/aromatic N) is 2. The smallest absolute Gasteiger partial charge is 0.258 e. The number of fused-ring (bicyclic) bond motifs is 1. The summed E-state index contributed by atoms with van der Waals surface area (Å²) >= 11 is 0. The average molecular weight is 429 g/mol. The largest absolute Gasteiger partial charge is 0.497 e. The van der Waals surface area contributed by atoms with Crippen LogP contribution in [0.15, 0.2) is 23.0 Å². The maximum atomic E-state index is 13.1. The van der Waals surface area contributed by atoms with E-state index in [4.69, 9.17) is 14.2 Å². The molecular formula is C20H23N5O6. The molecule has 2 amide bonds. The molecule has 1 saturated heterocycles. The van der Waals surface area contributed by atoms with Crippen LogP contribution in [0.4, 0.5) is 17.5 Å². The molecule has 0 aliphatic carbocycles. The van der Waals surface area contributed by atoms with Gasteiger partial charge in [0.25, 0.3) is 5.56 Å². The molecule has 2 aliphatic rings. The first-order valence-electron chi connectivity index (χ1n) is 9.79. The number of nitrogens with one attached hydrogen (secondary N) is 3. The summed E-state index contributed by atoms with van der Waals surface area (Å²) in [7, 11) is 2.98. The molecule has 2 aliphatic heterocycles. The van der Waals surface area contributed by atoms with Crippen molar-refractivity contribution in [2.75, 3.05) is 56.1 Å². The first-order chi connectivity index (χ1) is 15.0. The van der Waals surface area contributed by atoms with Gasteiger partial charge in [0, 0.05) is 25.6 Å². The quantitative estimate of drug-likeness (QED) is 0.632. The normalized spacial score (nSPS) is 18.1. The number of carbonyl (C=O) groups is 2. The zero-order valence-corrected chi connectivity index (χ0v) is 17.2. The summed E-state index contributed by atoms with van der Waals surface area (Å²) in [6, 6.07) is 4.95. The summed E-state index contributed by atoms with van der Waals surface area (Å²) in [6.07, 6.45) is -0.174. The Morgan fingerprint density at radius 1 is 1.23 bits per heavy atom. The van der Waals surface area contributed by atoms with Gasteiger partial charge in [-0.1, -0.05) is 0 Å². The molecule has 1 atom stereocenters. The van der Waals surface area contributed by atoms with E-state index in [1.54, 1.807) is 18.2 Å². The van der Waals surface area contributed by atoms with Gasteiger partial charge < -0.3 is 29.7 Å². The number of anilines is 3. The highest BCUT2D eigenvalue weighted by Crippen LogP contribution is 2.33. The van der Waals surface area contributed by atoms with Gasteiger partial charge in [0.05, 0.1) is 44.6 Å². The molecule has 3 N–H and O–H groups in total. The lowest BCUT2D eigenvalue weighted by molar-refractivity contribution is -0.123. The van der Waals surface area contributed by atoms with Crippen LogP contribution in [0.1, 0.15) is 17.9 Å². The topological polar surface area (TPSA) is 135 Å². The fourth-order valence-corrected chi connectivity index (χ4v) is 3.64. The van der Waals surface area contributed by atoms with E-state index < -0.39 is 23.3 Å². The van der Waals surface area contributed by atoms with Crippen molar-refractivity contribution in [3.05, 3.63) is 34.1 Å². The van der Waals surface area contributed by atoms with Gasteiger partial charge in [-0.3, -0.25) is 19.4 Å². The van der Waals surface area contributed by atoms with Crippen LogP contribution < -0.4 is 30.6 Å². The maximum Gasteiger partial charge on any atom is 0.258 e. The molecule has 0 spiro atoms. The lowest BCUT2D eigenvalue weighted by atomic mass is 9.92. The van der Waals surface area contributed by atoms with Crippen molar-refractivity contribution < 1.29 is 23.8 Å². The molecule has 1 aromatic heterocycles. The van der Waals surface area contributed by atoms with E-state index >= 15 is 0 Å². The monoisotopic (exact) mass is 429 g/mol. The molecule has 11 heteroatoms. The highest BCUT2D eigenvalue weighted by Gasteiger charge is 2.35. The number of carbonyl (C=O) groups excluding carboxylic acids is 2. The minimum Gasteiger partial charge on any atom is -0.497 e. The summed E-state index contributed by atoms with van der Waals surface area (Å²) < 4.78 is 15.8. The van der Waals surface area contributed by atoms with Gasteiger partial charge in [-0.05, 0) is 12.1 Å². The fraction of sp³-hybridized carbons (Fsp3) is 0.400. The number of hydrogen-bond donors (Lipinski definition) is 3. The Balaban J connectivity index is 1.66. The lowest BCUT2D eigenvalue weighted by Crippen LogP contribution is -2.41. The molecule has 11 nitrogen and oxygen atoms in total. The number of amides is 2. The third kappa shape index (κ3) is 4.17. The van der Waals surface area contributed by atoms with Crippen molar-refractivity contribution in [2.45, 2.75) is 12.3 Å². The van der Waals surface area contributed by atoms with Crippen molar-refractivity contribution in [1.29, 1.82) is 0 Å². The lowest BCUT2D eigenvalue weighted by Gasteiger charge is -2.29. The molecule has 1 aromatic carbocycles. The number of morpholine rings is 1. The van der Waals surface area contributed by atoms with E-state index in [2.05, 4.69) is 20.6 Å². The number of benzene rings is 1. The highest BCUT2D eigenvalue weighted by atomic mass is 16.5. The van der Waals surface area contributed by atoms with Gasteiger partial charge in [-0.2, -0.15) is 4.98 Å². The van der Waals surface area contributed by atoms with Crippen molar-refractivity contribution in [3.8, 4) is 11.5 Å². The summed E-state index contributed by atoms with van der Waals surface area (Å²) in [5.74, 6) is -0.543. The fourth-order valence-electron chi connectivity index (χ4n) is 3.64. The van der Waals surface area contributed by atoms with Crippen molar-refractivity contribution in [3.63, 3.8) is 0 Å². The molecule has 1 fully saturated rings. The van der Waals surface area contributed by atoms with Crippen LogP contribution in [0.2, 0.25) is 0 Å². The molecule has 2 aromatic rings. The van der Waals surface area contributed by atoms with Crippen LogP contribution in [0.5, 0.6) is 11.5 Å². The third-order valence-electron chi connectivity index (χ3n) is 5.23. The Bertz CT molecular complexity index is 1060. The number of aromatic nitrogens is 2. The first kappa shape index (κ1) is 20.7. The number of ether oxygens (including phenoxy) is 3. The van der Waals surface area contributed by atoms with Crippen LogP contribution in [0, 0.1) is 0 Å². The molecule has 164 valence electrons. The van der Waals surface area contributed by atoms with E-state index in [1.807, 2.05) is 4.90 Å². The van der Waals surface area contributed by atoms with E-state index in [9.17, 15) is 14.4 Å². The van der Waals surface area contributed by atoms with E-state index in [1.165, 1.54) is 14.2 Å². The van der Waals surface area contributed by atoms with Gasteiger partial charge >= 0.3 is 0 Å². The summed E-state index contributed by atoms with van der Waals surface area (Å²) in [5, 5.41) is 5.36. The van der Waals surface area contributed by atoms with Crippen molar-refractivity contribution in [1.82, 2.24) is 9.97 Å². The molecule has 31 heavy (non-hydrogen) atoms. The Morgan fingerprint density at radius 2 is 2.00 bits per heavy atom. The number of H-pyrrole nitrogens is 1. The second kappa shape index (κ2) is 8.64. The number of methoxy groups -OCH3 is 2. The molecule has 4 rings (SSSR count). The average Bonchev–Trinajstić information content (AvgIpc) is 2.78. The molecular weight excluding hydrogens is 406 g/mol. The third-order valence-corrected chi connectivity index (χ3v) is 5.23. The zero-order chi connectivity index (χ0) is 22.0. The van der Waals surface area contributed by atoms with Gasteiger partial charge in [0.15, 0.2) is 0 Å². The van der Waals surface area contributed by atoms with E-state index in [0.29, 0.717) is 49.4 Å². The summed E-state index contributed by atoms with van der Waals surface area (Å²) in [5.41, 5.74) is 0.0222. The Hall–Kier alpha value is -3.60. The van der Waals surface area contributed by atoms with Crippen molar-refractivity contribution in [2.24, 2.45) is 0 Å². The standard InChI is InChI=1S/C20H23N5O6/c1-29-11-3-4-14(30-2)13(9-11)21-18(27)12-10-15(26)22-17-16(12)19(28)24-20(23-17)25-5-7-31-8-6-25/h3-4,9,12H,5-8,10H2,1-2H3,(H,21,27)(H2,22,23,24,26,28)/t12-/m1/s1. The second-order valence-corrected chi connectivity index (χ2v) is 7.11. The molecule has 0 radical (unpaired) electrons. The number of aromatic amines is 1. The predicted molar refractivity (Wildman–Crippen MR) is 112 cm³/mol. The van der Waals surface area contributed by atoms with Gasteiger partial charge in [-0.25, -0.2) is 0 Å². The number of rotatable bonds is 5. The molecule has 3 heterocycles. The minimum atomic E-state index is -1.00. The highest BCUT2D eigenvalue weighted by molar-refractivity contribution is 6.05. The van der Waals surface area contributed by atoms with Crippen LogP contribution in [-0.2, 0) is 14.3 Å². The summed E-state index contributed by atoms with van der Waals surface area (Å²) in [4.78, 5) is 47.3. The summed E-state index contributed by atoms with van der Waals surface area (Å²) in [6.45, 7) is 2.16. The molecule has 0 unspecified atom stereocenters. The van der Waals surface area contributed by atoms with Crippen LogP contribution in [0.3, 0.4) is 0 Å². The van der Waals surface area contributed by atoms with Gasteiger partial charge in [0.2, 0.25) is 17.8 Å². The Labute approximate surface area is 177 Å². The maximum absolute atomic E-state index is 13.1.